The van der Waals surface area contributed by atoms with Gasteiger partial charge in [0.15, 0.2) is 0 Å². The van der Waals surface area contributed by atoms with Crippen LogP contribution in [0.5, 0.6) is 0 Å². The molecule has 0 bridgehead atoms. The molecule has 0 unspecified atom stereocenters. The van der Waals surface area contributed by atoms with E-state index in [2.05, 4.69) is 85.3 Å². The molecule has 35 heavy (non-hydrogen) atoms. The van der Waals surface area contributed by atoms with Crippen LogP contribution in [0.15, 0.2) is 71.9 Å². The van der Waals surface area contributed by atoms with Crippen molar-refractivity contribution in [2.45, 2.75) is 26.8 Å². The molecule has 1 heterocycles. The maximum atomic E-state index is 6.74. The van der Waals surface area contributed by atoms with E-state index in [4.69, 9.17) is 28.2 Å². The van der Waals surface area contributed by atoms with Gasteiger partial charge in [-0.3, -0.25) is 4.99 Å². The van der Waals surface area contributed by atoms with Gasteiger partial charge in [0.2, 0.25) is 0 Å². The van der Waals surface area contributed by atoms with E-state index in [1.807, 2.05) is 24.3 Å². The molecule has 0 fully saturated rings. The van der Waals surface area contributed by atoms with Crippen molar-refractivity contribution < 1.29 is 0 Å². The zero-order chi connectivity index (χ0) is 24.9. The quantitative estimate of drug-likeness (QED) is 0.153. The molecular formula is C29H32Cl2N4. The number of hydrogen-bond donors (Lipinski definition) is 1. The normalized spacial score (nSPS) is 12.0. The Balaban J connectivity index is 1.79. The second kappa shape index (κ2) is 11.3. The summed E-state index contributed by atoms with van der Waals surface area (Å²) in [6.07, 6.45) is 3.14. The zero-order valence-corrected chi connectivity index (χ0v) is 22.3. The molecule has 1 aromatic heterocycles. The highest BCUT2D eigenvalue weighted by atomic mass is 35.5. The Hall–Kier alpha value is -2.79. The van der Waals surface area contributed by atoms with Crippen LogP contribution in [0.25, 0.3) is 10.9 Å². The number of fused-ring (bicyclic) bond motifs is 1. The standard InChI is InChI=1S/C29H32Cl2N4/c1-20-8-5-9-21(2)27(20)33-29(32-16-7-17-34(3)4)25-19-35(18-22-12-14-23(30)15-13-22)28-24(25)10-6-11-26(28)31/h5-6,8-15,19H,7,16-18H2,1-4H3,(H,32,33). The average molecular weight is 508 g/mol. The molecule has 0 aliphatic carbocycles. The molecule has 0 atom stereocenters. The van der Waals surface area contributed by atoms with Crippen LogP contribution in [0.4, 0.5) is 5.69 Å². The maximum absolute atomic E-state index is 6.74. The number of para-hydroxylation sites is 2. The number of rotatable bonds is 8. The van der Waals surface area contributed by atoms with E-state index in [9.17, 15) is 0 Å². The second-order valence-corrected chi connectivity index (χ2v) is 10.1. The molecular weight excluding hydrogens is 475 g/mol. The first kappa shape index (κ1) is 25.3. The summed E-state index contributed by atoms with van der Waals surface area (Å²) in [5, 5.41) is 6.21. The highest BCUT2D eigenvalue weighted by molar-refractivity contribution is 6.36. The first-order valence-corrected chi connectivity index (χ1v) is 12.6. The second-order valence-electron chi connectivity index (χ2n) is 9.21. The van der Waals surface area contributed by atoms with E-state index in [1.165, 1.54) is 11.1 Å². The topological polar surface area (TPSA) is 32.6 Å². The van der Waals surface area contributed by atoms with Gasteiger partial charge in [0.1, 0.15) is 5.84 Å². The highest BCUT2D eigenvalue weighted by Gasteiger charge is 2.17. The van der Waals surface area contributed by atoms with Gasteiger partial charge in [-0.2, -0.15) is 0 Å². The van der Waals surface area contributed by atoms with E-state index >= 15 is 0 Å². The Bertz CT molecular complexity index is 1320. The first-order chi connectivity index (χ1) is 16.8. The molecule has 0 spiro atoms. The number of nitrogens with one attached hydrogen (secondary N) is 1. The molecule has 0 saturated heterocycles. The first-order valence-electron chi connectivity index (χ1n) is 11.9. The van der Waals surface area contributed by atoms with Crippen molar-refractivity contribution in [3.05, 3.63) is 99.2 Å². The lowest BCUT2D eigenvalue weighted by Crippen LogP contribution is -2.18. The van der Waals surface area contributed by atoms with Crippen LogP contribution in [0.1, 0.15) is 28.7 Å². The third kappa shape index (κ3) is 6.07. The summed E-state index contributed by atoms with van der Waals surface area (Å²) < 4.78 is 2.21. The van der Waals surface area contributed by atoms with Crippen molar-refractivity contribution >= 4 is 45.6 Å². The summed E-state index contributed by atoms with van der Waals surface area (Å²) >= 11 is 12.8. The van der Waals surface area contributed by atoms with E-state index in [-0.39, 0.29) is 0 Å². The van der Waals surface area contributed by atoms with Crippen LogP contribution >= 0.6 is 23.2 Å². The van der Waals surface area contributed by atoms with Crippen LogP contribution < -0.4 is 5.32 Å². The van der Waals surface area contributed by atoms with Gasteiger partial charge >= 0.3 is 0 Å². The summed E-state index contributed by atoms with van der Waals surface area (Å²) in [6.45, 7) is 6.66. The van der Waals surface area contributed by atoms with Crippen LogP contribution in [0.3, 0.4) is 0 Å². The summed E-state index contributed by atoms with van der Waals surface area (Å²) in [4.78, 5) is 7.25. The van der Waals surface area contributed by atoms with Crippen LogP contribution in [0.2, 0.25) is 10.0 Å². The van der Waals surface area contributed by atoms with Crippen molar-refractivity contribution in [3.63, 3.8) is 0 Å². The van der Waals surface area contributed by atoms with Gasteiger partial charge < -0.3 is 14.8 Å². The van der Waals surface area contributed by atoms with Crippen molar-refractivity contribution in [2.75, 3.05) is 32.5 Å². The number of halogens is 2. The molecule has 3 aromatic carbocycles. The van der Waals surface area contributed by atoms with Crippen LogP contribution in [0, 0.1) is 13.8 Å². The van der Waals surface area contributed by atoms with Gasteiger partial charge in [-0.1, -0.05) is 65.7 Å². The molecule has 0 saturated carbocycles. The van der Waals surface area contributed by atoms with E-state index in [1.54, 1.807) is 0 Å². The molecule has 4 aromatic rings. The third-order valence-electron chi connectivity index (χ3n) is 6.13. The lowest BCUT2D eigenvalue weighted by atomic mass is 10.1. The summed E-state index contributed by atoms with van der Waals surface area (Å²) in [5.41, 5.74) is 6.68. The Morgan fingerprint density at radius 2 is 1.63 bits per heavy atom. The van der Waals surface area contributed by atoms with E-state index in [0.717, 1.165) is 63.1 Å². The largest absolute Gasteiger partial charge is 0.341 e. The SMILES string of the molecule is Cc1cccc(C)c1NC(=NCCCN(C)C)c1cn(Cc2ccc(Cl)cc2)c2c(Cl)cccc12. The van der Waals surface area contributed by atoms with Crippen molar-refractivity contribution in [2.24, 2.45) is 4.99 Å². The fourth-order valence-corrected chi connectivity index (χ4v) is 4.72. The molecule has 0 amide bonds. The molecule has 1 N–H and O–H groups in total. The Kier molecular flexibility index (Phi) is 8.17. The molecule has 182 valence electrons. The number of nitrogens with zero attached hydrogens (tertiary/aromatic N) is 3. The predicted octanol–water partition coefficient (Wildman–Crippen LogP) is 7.42. The lowest BCUT2D eigenvalue weighted by Gasteiger charge is -2.15. The smallest absolute Gasteiger partial charge is 0.134 e. The number of benzene rings is 3. The molecule has 0 radical (unpaired) electrons. The summed E-state index contributed by atoms with van der Waals surface area (Å²) in [5.74, 6) is 0.864. The number of hydrogen-bond acceptors (Lipinski definition) is 2. The molecule has 4 rings (SSSR count). The number of aromatic nitrogens is 1. The molecule has 4 nitrogen and oxygen atoms in total. The van der Waals surface area contributed by atoms with Gasteiger partial charge in [-0.25, -0.2) is 0 Å². The highest BCUT2D eigenvalue weighted by Crippen LogP contribution is 2.31. The van der Waals surface area contributed by atoms with Crippen molar-refractivity contribution in [1.29, 1.82) is 0 Å². The minimum Gasteiger partial charge on any atom is -0.341 e. The molecule has 0 aliphatic heterocycles. The fourth-order valence-electron chi connectivity index (χ4n) is 4.31. The van der Waals surface area contributed by atoms with Crippen molar-refractivity contribution in [3.8, 4) is 0 Å². The minimum absolute atomic E-state index is 0.689. The van der Waals surface area contributed by atoms with Gasteiger partial charge in [-0.15, -0.1) is 0 Å². The zero-order valence-electron chi connectivity index (χ0n) is 20.8. The fraction of sp³-hybridized carbons (Fsp3) is 0.276. The Morgan fingerprint density at radius 3 is 2.31 bits per heavy atom. The summed E-state index contributed by atoms with van der Waals surface area (Å²) in [7, 11) is 4.18. The average Bonchev–Trinajstić information content (AvgIpc) is 3.18. The van der Waals surface area contributed by atoms with Crippen molar-refractivity contribution in [1.82, 2.24) is 9.47 Å². The van der Waals surface area contributed by atoms with Gasteiger partial charge in [-0.05, 0) is 75.8 Å². The van der Waals surface area contributed by atoms with Crippen LogP contribution in [-0.2, 0) is 6.54 Å². The van der Waals surface area contributed by atoms with Gasteiger partial charge in [0.25, 0.3) is 0 Å². The van der Waals surface area contributed by atoms with E-state index < -0.39 is 0 Å². The minimum atomic E-state index is 0.689. The predicted molar refractivity (Wildman–Crippen MR) is 152 cm³/mol. The number of aryl methyl sites for hydroxylation is 2. The number of anilines is 1. The Morgan fingerprint density at radius 1 is 0.943 bits per heavy atom. The molecule has 6 heteroatoms. The number of amidine groups is 1. The van der Waals surface area contributed by atoms with Gasteiger partial charge in [0, 0.05) is 40.9 Å². The van der Waals surface area contributed by atoms with Gasteiger partial charge in [0.05, 0.1) is 10.5 Å². The monoisotopic (exact) mass is 506 g/mol. The third-order valence-corrected chi connectivity index (χ3v) is 6.69. The Labute approximate surface area is 218 Å². The van der Waals surface area contributed by atoms with Crippen LogP contribution in [-0.4, -0.2) is 42.5 Å². The summed E-state index contributed by atoms with van der Waals surface area (Å²) in [6, 6.07) is 20.3. The molecule has 0 aliphatic rings. The van der Waals surface area contributed by atoms with E-state index in [0.29, 0.717) is 6.54 Å². The lowest BCUT2D eigenvalue weighted by molar-refractivity contribution is 0.403. The number of aliphatic imine (C=N–C) groups is 1. The maximum Gasteiger partial charge on any atom is 0.134 e.